The van der Waals surface area contributed by atoms with Crippen molar-refractivity contribution in [3.63, 3.8) is 0 Å². The van der Waals surface area contributed by atoms with E-state index in [2.05, 4.69) is 0 Å². The molecule has 5 heteroatoms. The molecule has 4 nitrogen and oxygen atoms in total. The van der Waals surface area contributed by atoms with Gasteiger partial charge in [-0.3, -0.25) is 19.3 Å². The summed E-state index contributed by atoms with van der Waals surface area (Å²) in [6.07, 6.45) is 2.03. The van der Waals surface area contributed by atoms with E-state index in [0.717, 1.165) is 4.90 Å². The molecule has 0 aliphatic carbocycles. The summed E-state index contributed by atoms with van der Waals surface area (Å²) in [6, 6.07) is 6.63. The van der Waals surface area contributed by atoms with Gasteiger partial charge in [-0.05, 0) is 25.0 Å². The highest BCUT2D eigenvalue weighted by Crippen LogP contribution is 2.18. The fourth-order valence-corrected chi connectivity index (χ4v) is 2.30. The molecule has 1 aromatic carbocycles. The van der Waals surface area contributed by atoms with E-state index in [1.165, 1.54) is 0 Å². The average molecular weight is 280 g/mol. The number of likely N-dealkylation sites (tertiary alicyclic amines) is 1. The van der Waals surface area contributed by atoms with Crippen LogP contribution in [0.15, 0.2) is 24.3 Å². The fourth-order valence-electron chi connectivity index (χ4n) is 2.05. The molecule has 1 heterocycles. The van der Waals surface area contributed by atoms with Crippen molar-refractivity contribution in [2.75, 3.05) is 6.54 Å². The Kier molecular flexibility index (Phi) is 4.32. The Hall–Kier alpha value is -1.68. The van der Waals surface area contributed by atoms with Crippen LogP contribution in [0.1, 0.15) is 36.0 Å². The zero-order valence-corrected chi connectivity index (χ0v) is 11.2. The number of nitrogens with zero attached hydrogens (tertiary/aromatic N) is 1. The predicted octanol–water partition coefficient (Wildman–Crippen LogP) is 2.45. The normalized spacial score (nSPS) is 16.4. The van der Waals surface area contributed by atoms with E-state index in [1.807, 2.05) is 0 Å². The smallest absolute Gasteiger partial charge is 0.229 e. The number of rotatable bonds is 3. The number of Topliss-reactive ketones (excluding diaryl/α,β-unsaturated/α-hetero) is 1. The molecule has 0 aromatic heterocycles. The molecule has 2 rings (SSSR count). The summed E-state index contributed by atoms with van der Waals surface area (Å²) in [6.45, 7) is -0.221. The second-order valence-electron chi connectivity index (χ2n) is 4.48. The molecule has 0 spiro atoms. The first-order chi connectivity index (χ1) is 9.09. The van der Waals surface area contributed by atoms with Crippen LogP contribution in [0.5, 0.6) is 0 Å². The summed E-state index contributed by atoms with van der Waals surface area (Å²) < 4.78 is 0. The van der Waals surface area contributed by atoms with Crippen LogP contribution < -0.4 is 0 Å². The Morgan fingerprint density at radius 3 is 2.26 bits per heavy atom. The lowest BCUT2D eigenvalue weighted by Gasteiger charge is -2.17. The SMILES string of the molecule is O=C(CN1C(=O)CCCCC1=O)c1ccccc1Cl. The van der Waals surface area contributed by atoms with E-state index in [9.17, 15) is 14.4 Å². The van der Waals surface area contributed by atoms with Crippen LogP contribution in [-0.4, -0.2) is 29.0 Å². The lowest BCUT2D eigenvalue weighted by Crippen LogP contribution is -2.39. The zero-order valence-electron chi connectivity index (χ0n) is 10.4. The molecular weight excluding hydrogens is 266 g/mol. The van der Waals surface area contributed by atoms with Gasteiger partial charge >= 0.3 is 0 Å². The molecule has 1 aliphatic heterocycles. The second kappa shape index (κ2) is 5.97. The van der Waals surface area contributed by atoms with E-state index in [4.69, 9.17) is 11.6 Å². The van der Waals surface area contributed by atoms with Crippen LogP contribution in [-0.2, 0) is 9.59 Å². The van der Waals surface area contributed by atoms with Gasteiger partial charge < -0.3 is 0 Å². The van der Waals surface area contributed by atoms with Crippen molar-refractivity contribution < 1.29 is 14.4 Å². The second-order valence-corrected chi connectivity index (χ2v) is 4.89. The van der Waals surface area contributed by atoms with Gasteiger partial charge in [0.05, 0.1) is 11.6 Å². The van der Waals surface area contributed by atoms with E-state index in [0.29, 0.717) is 36.3 Å². The molecule has 1 aliphatic rings. The topological polar surface area (TPSA) is 54.5 Å². The molecule has 0 saturated carbocycles. The maximum absolute atomic E-state index is 12.1. The van der Waals surface area contributed by atoms with Crippen molar-refractivity contribution in [3.05, 3.63) is 34.9 Å². The third-order valence-electron chi connectivity index (χ3n) is 3.11. The molecule has 1 aromatic rings. The van der Waals surface area contributed by atoms with Gasteiger partial charge in [0, 0.05) is 18.4 Å². The lowest BCUT2D eigenvalue weighted by molar-refractivity contribution is -0.143. The van der Waals surface area contributed by atoms with Crippen LogP contribution in [0.2, 0.25) is 5.02 Å². The number of halogens is 1. The minimum absolute atomic E-state index is 0.221. The Labute approximate surface area is 116 Å². The molecule has 0 bridgehead atoms. The Morgan fingerprint density at radius 2 is 1.68 bits per heavy atom. The van der Waals surface area contributed by atoms with E-state index in [1.54, 1.807) is 24.3 Å². The zero-order chi connectivity index (χ0) is 13.8. The number of hydrogen-bond acceptors (Lipinski definition) is 3. The molecular formula is C14H14ClNO3. The van der Waals surface area contributed by atoms with Crippen LogP contribution in [0.25, 0.3) is 0 Å². The highest BCUT2D eigenvalue weighted by Gasteiger charge is 2.26. The monoisotopic (exact) mass is 279 g/mol. The van der Waals surface area contributed by atoms with Gasteiger partial charge in [0.2, 0.25) is 11.8 Å². The summed E-state index contributed by atoms with van der Waals surface area (Å²) in [5, 5.41) is 0.335. The Balaban J connectivity index is 2.15. The maximum Gasteiger partial charge on any atom is 0.229 e. The first kappa shape index (κ1) is 13.7. The van der Waals surface area contributed by atoms with Crippen molar-refractivity contribution in [1.29, 1.82) is 0 Å². The molecule has 2 amide bonds. The average Bonchev–Trinajstić information content (AvgIpc) is 2.54. The van der Waals surface area contributed by atoms with Gasteiger partial charge in [0.15, 0.2) is 5.78 Å². The van der Waals surface area contributed by atoms with E-state index in [-0.39, 0.29) is 24.1 Å². The Morgan fingerprint density at radius 1 is 1.11 bits per heavy atom. The van der Waals surface area contributed by atoms with Crippen molar-refractivity contribution in [2.45, 2.75) is 25.7 Å². The number of benzene rings is 1. The van der Waals surface area contributed by atoms with Gasteiger partial charge in [-0.15, -0.1) is 0 Å². The first-order valence-corrected chi connectivity index (χ1v) is 6.58. The van der Waals surface area contributed by atoms with Gasteiger partial charge in [-0.2, -0.15) is 0 Å². The number of ketones is 1. The number of carbonyl (C=O) groups excluding carboxylic acids is 3. The first-order valence-electron chi connectivity index (χ1n) is 6.20. The van der Waals surface area contributed by atoms with Crippen LogP contribution in [0, 0.1) is 0 Å². The van der Waals surface area contributed by atoms with Crippen LogP contribution in [0.4, 0.5) is 0 Å². The molecule has 0 atom stereocenters. The Bertz CT molecular complexity index is 509. The summed E-state index contributed by atoms with van der Waals surface area (Å²) >= 11 is 5.93. The quantitative estimate of drug-likeness (QED) is 0.631. The highest BCUT2D eigenvalue weighted by atomic mass is 35.5. The number of imide groups is 1. The van der Waals surface area contributed by atoms with Crippen molar-refractivity contribution in [3.8, 4) is 0 Å². The summed E-state index contributed by atoms with van der Waals surface area (Å²) in [5.41, 5.74) is 0.342. The number of carbonyl (C=O) groups is 3. The summed E-state index contributed by atoms with van der Waals surface area (Å²) in [5.74, 6) is -0.861. The predicted molar refractivity (Wildman–Crippen MR) is 71.0 cm³/mol. The van der Waals surface area contributed by atoms with Crippen LogP contribution >= 0.6 is 11.6 Å². The van der Waals surface area contributed by atoms with E-state index >= 15 is 0 Å². The van der Waals surface area contributed by atoms with Gasteiger partial charge in [0.1, 0.15) is 0 Å². The molecule has 0 radical (unpaired) electrons. The fraction of sp³-hybridized carbons (Fsp3) is 0.357. The third kappa shape index (κ3) is 3.20. The van der Waals surface area contributed by atoms with Crippen LogP contribution in [0.3, 0.4) is 0 Å². The van der Waals surface area contributed by atoms with Crippen molar-refractivity contribution >= 4 is 29.2 Å². The number of amides is 2. The minimum atomic E-state index is -0.311. The molecule has 1 saturated heterocycles. The standard InChI is InChI=1S/C14H14ClNO3/c15-11-6-2-1-5-10(11)12(17)9-16-13(18)7-3-4-8-14(16)19/h1-2,5-6H,3-4,7-9H2. The van der Waals surface area contributed by atoms with Gasteiger partial charge in [0.25, 0.3) is 0 Å². The maximum atomic E-state index is 12.1. The minimum Gasteiger partial charge on any atom is -0.292 e. The third-order valence-corrected chi connectivity index (χ3v) is 3.44. The molecule has 100 valence electrons. The largest absolute Gasteiger partial charge is 0.292 e. The summed E-state index contributed by atoms with van der Waals surface area (Å²) in [4.78, 5) is 36.8. The van der Waals surface area contributed by atoms with Crippen molar-refractivity contribution in [1.82, 2.24) is 4.90 Å². The van der Waals surface area contributed by atoms with Gasteiger partial charge in [-0.25, -0.2) is 0 Å². The molecule has 1 fully saturated rings. The molecule has 0 N–H and O–H groups in total. The summed E-state index contributed by atoms with van der Waals surface area (Å²) in [7, 11) is 0. The highest BCUT2D eigenvalue weighted by molar-refractivity contribution is 6.34. The number of hydrogen-bond donors (Lipinski definition) is 0. The van der Waals surface area contributed by atoms with Crippen molar-refractivity contribution in [2.24, 2.45) is 0 Å². The van der Waals surface area contributed by atoms with Gasteiger partial charge in [-0.1, -0.05) is 23.7 Å². The van der Waals surface area contributed by atoms with E-state index < -0.39 is 0 Å². The molecule has 19 heavy (non-hydrogen) atoms. The lowest BCUT2D eigenvalue weighted by atomic mass is 10.1. The molecule has 0 unspecified atom stereocenters.